The fourth-order valence-electron chi connectivity index (χ4n) is 1.52. The molecule has 0 saturated carbocycles. The summed E-state index contributed by atoms with van der Waals surface area (Å²) in [4.78, 5) is 10.00. The summed E-state index contributed by atoms with van der Waals surface area (Å²) in [6.07, 6.45) is 2.99. The molecule has 0 saturated heterocycles. The molecule has 0 aliphatic heterocycles. The molecule has 6 heteroatoms. The second-order valence-electron chi connectivity index (χ2n) is 3.92. The number of rotatable bonds is 6. The zero-order valence-electron chi connectivity index (χ0n) is 9.95. The van der Waals surface area contributed by atoms with E-state index in [-0.39, 0.29) is 6.04 Å². The SMILES string of the molecule is C=CCCC(C)Nc1c([N+](=O)[O-])ccc(F)c1F. The Hall–Kier alpha value is -1.98. The highest BCUT2D eigenvalue weighted by atomic mass is 19.2. The van der Waals surface area contributed by atoms with E-state index in [1.54, 1.807) is 13.0 Å². The van der Waals surface area contributed by atoms with E-state index >= 15 is 0 Å². The molecule has 0 aliphatic carbocycles. The van der Waals surface area contributed by atoms with E-state index in [0.717, 1.165) is 12.1 Å². The highest BCUT2D eigenvalue weighted by Crippen LogP contribution is 2.30. The zero-order valence-corrected chi connectivity index (χ0v) is 9.95. The number of hydrogen-bond donors (Lipinski definition) is 1. The van der Waals surface area contributed by atoms with Crippen molar-refractivity contribution in [1.82, 2.24) is 0 Å². The van der Waals surface area contributed by atoms with Crippen molar-refractivity contribution < 1.29 is 13.7 Å². The van der Waals surface area contributed by atoms with Crippen molar-refractivity contribution >= 4 is 11.4 Å². The average Bonchev–Trinajstić information content (AvgIpc) is 2.32. The molecule has 1 N–H and O–H groups in total. The predicted molar refractivity (Wildman–Crippen MR) is 65.5 cm³/mol. The smallest absolute Gasteiger partial charge is 0.295 e. The van der Waals surface area contributed by atoms with Crippen LogP contribution in [-0.4, -0.2) is 11.0 Å². The minimum Gasteiger partial charge on any atom is -0.375 e. The van der Waals surface area contributed by atoms with E-state index in [9.17, 15) is 18.9 Å². The molecule has 0 aromatic heterocycles. The summed E-state index contributed by atoms with van der Waals surface area (Å²) in [7, 11) is 0. The first-order chi connectivity index (χ1) is 8.47. The second-order valence-corrected chi connectivity index (χ2v) is 3.92. The van der Waals surface area contributed by atoms with Crippen LogP contribution in [-0.2, 0) is 0 Å². The summed E-state index contributed by atoms with van der Waals surface area (Å²) in [5.41, 5.74) is -0.879. The summed E-state index contributed by atoms with van der Waals surface area (Å²) < 4.78 is 26.6. The van der Waals surface area contributed by atoms with Crippen LogP contribution >= 0.6 is 0 Å². The molecule has 0 spiro atoms. The van der Waals surface area contributed by atoms with Gasteiger partial charge in [0.05, 0.1) is 4.92 Å². The number of nitro benzene ring substituents is 1. The standard InChI is InChI=1S/C12H14F2N2O2/c1-3-4-5-8(2)15-12-10(16(17)18)7-6-9(13)11(12)14/h3,6-8,15H,1,4-5H2,2H3. The number of benzene rings is 1. The molecule has 4 nitrogen and oxygen atoms in total. The molecule has 98 valence electrons. The van der Waals surface area contributed by atoms with Gasteiger partial charge in [0.25, 0.3) is 5.69 Å². The Kier molecular flexibility index (Phi) is 4.76. The van der Waals surface area contributed by atoms with Crippen LogP contribution in [0, 0.1) is 21.7 Å². The molecule has 0 bridgehead atoms. The molecule has 0 fully saturated rings. The Bertz CT molecular complexity index is 464. The molecule has 1 unspecified atom stereocenters. The van der Waals surface area contributed by atoms with Gasteiger partial charge >= 0.3 is 0 Å². The topological polar surface area (TPSA) is 55.2 Å². The Morgan fingerprint density at radius 2 is 2.22 bits per heavy atom. The summed E-state index contributed by atoms with van der Waals surface area (Å²) in [5.74, 6) is -2.34. The molecule has 1 rings (SSSR count). The maximum absolute atomic E-state index is 13.5. The first kappa shape index (κ1) is 14.1. The maximum Gasteiger partial charge on any atom is 0.295 e. The fraction of sp³-hybridized carbons (Fsp3) is 0.333. The van der Waals surface area contributed by atoms with Gasteiger partial charge in [-0.1, -0.05) is 6.08 Å². The molecule has 0 radical (unpaired) electrons. The summed E-state index contributed by atoms with van der Waals surface area (Å²) in [6.45, 7) is 5.28. The van der Waals surface area contributed by atoms with Crippen LogP contribution in [0.2, 0.25) is 0 Å². The van der Waals surface area contributed by atoms with Crippen LogP contribution in [0.15, 0.2) is 24.8 Å². The minimum atomic E-state index is -1.23. The van der Waals surface area contributed by atoms with Gasteiger partial charge in [0.2, 0.25) is 0 Å². The zero-order chi connectivity index (χ0) is 13.7. The van der Waals surface area contributed by atoms with E-state index in [1.165, 1.54) is 0 Å². The van der Waals surface area contributed by atoms with Gasteiger partial charge in [0.15, 0.2) is 17.3 Å². The third-order valence-corrected chi connectivity index (χ3v) is 2.46. The lowest BCUT2D eigenvalue weighted by Crippen LogP contribution is -2.17. The Balaban J connectivity index is 3.01. The average molecular weight is 256 g/mol. The van der Waals surface area contributed by atoms with E-state index < -0.39 is 27.9 Å². The van der Waals surface area contributed by atoms with E-state index in [4.69, 9.17) is 0 Å². The molecule has 0 aliphatic rings. The number of nitrogens with zero attached hydrogens (tertiary/aromatic N) is 1. The van der Waals surface area contributed by atoms with Crippen molar-refractivity contribution in [1.29, 1.82) is 0 Å². The van der Waals surface area contributed by atoms with Crippen molar-refractivity contribution in [2.75, 3.05) is 5.32 Å². The number of allylic oxidation sites excluding steroid dienone is 1. The number of nitro groups is 1. The highest BCUT2D eigenvalue weighted by Gasteiger charge is 2.22. The van der Waals surface area contributed by atoms with E-state index in [0.29, 0.717) is 12.8 Å². The molecular weight excluding hydrogens is 242 g/mol. The first-order valence-electron chi connectivity index (χ1n) is 5.47. The largest absolute Gasteiger partial charge is 0.375 e. The molecule has 1 aromatic carbocycles. The number of halogens is 2. The Morgan fingerprint density at radius 3 is 2.78 bits per heavy atom. The lowest BCUT2D eigenvalue weighted by atomic mass is 10.1. The van der Waals surface area contributed by atoms with Crippen molar-refractivity contribution in [3.63, 3.8) is 0 Å². The molecule has 0 amide bonds. The van der Waals surface area contributed by atoms with Crippen molar-refractivity contribution in [3.05, 3.63) is 46.5 Å². The third kappa shape index (κ3) is 3.26. The van der Waals surface area contributed by atoms with Gasteiger partial charge in [0, 0.05) is 12.1 Å². The van der Waals surface area contributed by atoms with Gasteiger partial charge in [-0.05, 0) is 25.8 Å². The minimum absolute atomic E-state index is 0.224. The molecule has 1 aromatic rings. The molecule has 18 heavy (non-hydrogen) atoms. The molecule has 1 atom stereocenters. The summed E-state index contributed by atoms with van der Waals surface area (Å²) >= 11 is 0. The summed E-state index contributed by atoms with van der Waals surface area (Å²) in [6, 6.07) is 1.46. The lowest BCUT2D eigenvalue weighted by molar-refractivity contribution is -0.384. The maximum atomic E-state index is 13.5. The Morgan fingerprint density at radius 1 is 1.56 bits per heavy atom. The van der Waals surface area contributed by atoms with Crippen molar-refractivity contribution in [3.8, 4) is 0 Å². The van der Waals surface area contributed by atoms with E-state index in [2.05, 4.69) is 11.9 Å². The van der Waals surface area contributed by atoms with Gasteiger partial charge in [-0.15, -0.1) is 6.58 Å². The van der Waals surface area contributed by atoms with Crippen LogP contribution in [0.3, 0.4) is 0 Å². The normalized spacial score (nSPS) is 11.9. The Labute approximate surface area is 103 Å². The third-order valence-electron chi connectivity index (χ3n) is 2.46. The number of hydrogen-bond acceptors (Lipinski definition) is 3. The van der Waals surface area contributed by atoms with Gasteiger partial charge in [-0.25, -0.2) is 8.78 Å². The van der Waals surface area contributed by atoms with Gasteiger partial charge in [0.1, 0.15) is 0 Å². The second kappa shape index (κ2) is 6.09. The van der Waals surface area contributed by atoms with Crippen molar-refractivity contribution in [2.45, 2.75) is 25.8 Å². The number of anilines is 1. The van der Waals surface area contributed by atoms with E-state index in [1.807, 2.05) is 0 Å². The predicted octanol–water partition coefficient (Wildman–Crippen LogP) is 3.64. The van der Waals surface area contributed by atoms with Gasteiger partial charge < -0.3 is 5.32 Å². The molecular formula is C12H14F2N2O2. The lowest BCUT2D eigenvalue weighted by Gasteiger charge is -2.15. The van der Waals surface area contributed by atoms with Crippen LogP contribution < -0.4 is 5.32 Å². The number of nitrogens with one attached hydrogen (secondary N) is 1. The first-order valence-corrected chi connectivity index (χ1v) is 5.47. The fourth-order valence-corrected chi connectivity index (χ4v) is 1.52. The quantitative estimate of drug-likeness (QED) is 0.480. The van der Waals surface area contributed by atoms with Crippen LogP contribution in [0.4, 0.5) is 20.2 Å². The summed E-state index contributed by atoms with van der Waals surface area (Å²) in [5, 5.41) is 13.4. The van der Waals surface area contributed by atoms with Crippen LogP contribution in [0.1, 0.15) is 19.8 Å². The van der Waals surface area contributed by atoms with Gasteiger partial charge in [-0.2, -0.15) is 0 Å². The highest BCUT2D eigenvalue weighted by molar-refractivity contribution is 5.62. The van der Waals surface area contributed by atoms with Gasteiger partial charge in [-0.3, -0.25) is 10.1 Å². The van der Waals surface area contributed by atoms with Crippen molar-refractivity contribution in [2.24, 2.45) is 0 Å². The van der Waals surface area contributed by atoms with Crippen LogP contribution in [0.25, 0.3) is 0 Å². The molecule has 0 heterocycles. The van der Waals surface area contributed by atoms with Crippen LogP contribution in [0.5, 0.6) is 0 Å². The monoisotopic (exact) mass is 256 g/mol.